The highest BCUT2D eigenvalue weighted by Crippen LogP contribution is 2.49. The topological polar surface area (TPSA) is 111 Å². The molecule has 152 valence electrons. The summed E-state index contributed by atoms with van der Waals surface area (Å²) < 4.78 is 8.93. The van der Waals surface area contributed by atoms with Crippen LogP contribution in [0.15, 0.2) is 12.4 Å². The lowest BCUT2D eigenvalue weighted by Gasteiger charge is -2.18. The van der Waals surface area contributed by atoms with Gasteiger partial charge in [-0.15, -0.1) is 0 Å². The van der Waals surface area contributed by atoms with Crippen LogP contribution in [-0.2, 0) is 27.9 Å². The van der Waals surface area contributed by atoms with E-state index >= 15 is 0 Å². The Balaban J connectivity index is 1.51. The van der Waals surface area contributed by atoms with Crippen LogP contribution >= 0.6 is 0 Å². The Morgan fingerprint density at radius 2 is 1.83 bits per heavy atom. The molecule has 10 heteroatoms. The fourth-order valence-corrected chi connectivity index (χ4v) is 4.76. The summed E-state index contributed by atoms with van der Waals surface area (Å²) >= 11 is 0. The number of hydrogen-bond acceptors (Lipinski definition) is 6. The third-order valence-electron chi connectivity index (χ3n) is 6.34. The van der Waals surface area contributed by atoms with Crippen LogP contribution in [0, 0.1) is 18.8 Å². The van der Waals surface area contributed by atoms with Crippen molar-refractivity contribution in [2.75, 3.05) is 10.2 Å². The molecular formula is C19H22N6O4. The summed E-state index contributed by atoms with van der Waals surface area (Å²) in [7, 11) is 1.78. The number of fused-ring (bicyclic) bond motifs is 5. The van der Waals surface area contributed by atoms with Gasteiger partial charge in [0.25, 0.3) is 5.91 Å². The first-order chi connectivity index (χ1) is 13.9. The van der Waals surface area contributed by atoms with Gasteiger partial charge in [-0.25, -0.2) is 4.90 Å². The van der Waals surface area contributed by atoms with Crippen molar-refractivity contribution < 1.29 is 19.1 Å². The molecule has 4 atom stereocenters. The molecular weight excluding hydrogens is 376 g/mol. The Kier molecular flexibility index (Phi) is 3.89. The number of amides is 3. The predicted molar refractivity (Wildman–Crippen MR) is 101 cm³/mol. The Bertz CT molecular complexity index is 1010. The molecule has 1 N–H and O–H groups in total. The van der Waals surface area contributed by atoms with Crippen LogP contribution in [0.3, 0.4) is 0 Å². The predicted octanol–water partition coefficient (Wildman–Crippen LogP) is 0.864. The zero-order valence-corrected chi connectivity index (χ0v) is 16.5. The smallest absolute Gasteiger partial charge is 0.276 e. The lowest BCUT2D eigenvalue weighted by molar-refractivity contribution is -0.124. The Hall–Kier alpha value is -3.01. The SMILES string of the molecule is CCn1ncc(N2C(=O)[C@@H]3[C@H](C2=O)[C@@H]2CC[C@@H]3O2)c1C(=O)Nc1cnn(C)c1C. The highest BCUT2D eigenvalue weighted by atomic mass is 16.5. The van der Waals surface area contributed by atoms with Gasteiger partial charge in [-0.1, -0.05) is 0 Å². The van der Waals surface area contributed by atoms with Crippen LogP contribution in [0.4, 0.5) is 11.4 Å². The summed E-state index contributed by atoms with van der Waals surface area (Å²) in [5.41, 5.74) is 1.77. The summed E-state index contributed by atoms with van der Waals surface area (Å²) in [5.74, 6) is -1.94. The molecule has 3 aliphatic rings. The van der Waals surface area contributed by atoms with Crippen molar-refractivity contribution in [3.63, 3.8) is 0 Å². The number of anilines is 2. The first-order valence-electron chi connectivity index (χ1n) is 9.81. The van der Waals surface area contributed by atoms with E-state index in [2.05, 4.69) is 15.5 Å². The van der Waals surface area contributed by atoms with Crippen LogP contribution in [0.2, 0.25) is 0 Å². The average Bonchev–Trinajstić information content (AvgIpc) is 3.49. The number of carbonyl (C=O) groups excluding carboxylic acids is 3. The van der Waals surface area contributed by atoms with E-state index in [9.17, 15) is 14.4 Å². The zero-order valence-electron chi connectivity index (χ0n) is 16.5. The molecule has 3 saturated heterocycles. The summed E-state index contributed by atoms with van der Waals surface area (Å²) in [6, 6.07) is 0. The van der Waals surface area contributed by atoms with Crippen molar-refractivity contribution in [1.29, 1.82) is 0 Å². The lowest BCUT2D eigenvalue weighted by atomic mass is 9.81. The number of nitrogens with zero attached hydrogens (tertiary/aromatic N) is 5. The largest absolute Gasteiger partial charge is 0.373 e. The number of imide groups is 1. The molecule has 3 fully saturated rings. The Morgan fingerprint density at radius 1 is 1.17 bits per heavy atom. The fraction of sp³-hybridized carbons (Fsp3) is 0.526. The van der Waals surface area contributed by atoms with E-state index < -0.39 is 17.7 Å². The van der Waals surface area contributed by atoms with Gasteiger partial charge in [-0.3, -0.25) is 23.7 Å². The molecule has 2 bridgehead atoms. The van der Waals surface area contributed by atoms with Crippen LogP contribution in [0.5, 0.6) is 0 Å². The summed E-state index contributed by atoms with van der Waals surface area (Å²) in [4.78, 5) is 40.5. The highest BCUT2D eigenvalue weighted by molar-refractivity contribution is 6.25. The van der Waals surface area contributed by atoms with Gasteiger partial charge in [0.2, 0.25) is 11.8 Å². The first kappa shape index (κ1) is 18.0. The molecule has 0 unspecified atom stereocenters. The fourth-order valence-electron chi connectivity index (χ4n) is 4.76. The van der Waals surface area contributed by atoms with Crippen LogP contribution < -0.4 is 10.2 Å². The Labute approximate surface area is 166 Å². The van der Waals surface area contributed by atoms with E-state index in [1.165, 1.54) is 10.9 Å². The highest BCUT2D eigenvalue weighted by Gasteiger charge is 2.63. The zero-order chi connectivity index (χ0) is 20.4. The van der Waals surface area contributed by atoms with Crippen molar-refractivity contribution >= 4 is 29.1 Å². The second-order valence-electron chi connectivity index (χ2n) is 7.77. The molecule has 0 aliphatic carbocycles. The van der Waals surface area contributed by atoms with Gasteiger partial charge in [-0.2, -0.15) is 10.2 Å². The van der Waals surface area contributed by atoms with Gasteiger partial charge in [0.15, 0.2) is 5.69 Å². The van der Waals surface area contributed by atoms with Gasteiger partial charge in [0, 0.05) is 13.6 Å². The molecule has 29 heavy (non-hydrogen) atoms. The molecule has 0 aromatic carbocycles. The monoisotopic (exact) mass is 398 g/mol. The third-order valence-corrected chi connectivity index (χ3v) is 6.34. The summed E-state index contributed by atoms with van der Waals surface area (Å²) in [6.07, 6.45) is 4.16. The van der Waals surface area contributed by atoms with Gasteiger partial charge in [0.1, 0.15) is 5.69 Å². The molecule has 0 saturated carbocycles. The summed E-state index contributed by atoms with van der Waals surface area (Å²) in [5, 5.41) is 11.2. The average molecular weight is 398 g/mol. The van der Waals surface area contributed by atoms with Crippen molar-refractivity contribution in [3.8, 4) is 0 Å². The van der Waals surface area contributed by atoms with Crippen LogP contribution in [0.1, 0.15) is 35.9 Å². The van der Waals surface area contributed by atoms with Crippen molar-refractivity contribution in [1.82, 2.24) is 19.6 Å². The number of hydrogen-bond donors (Lipinski definition) is 1. The molecule has 2 aromatic rings. The molecule has 10 nitrogen and oxygen atoms in total. The van der Waals surface area contributed by atoms with Crippen LogP contribution in [-0.4, -0.2) is 49.5 Å². The maximum absolute atomic E-state index is 13.1. The normalized spacial score (nSPS) is 27.8. The quantitative estimate of drug-likeness (QED) is 0.765. The lowest BCUT2D eigenvalue weighted by Crippen LogP contribution is -2.35. The van der Waals surface area contributed by atoms with E-state index in [1.807, 2.05) is 13.8 Å². The number of carbonyl (C=O) groups is 3. The van der Waals surface area contributed by atoms with Crippen molar-refractivity contribution in [2.24, 2.45) is 18.9 Å². The van der Waals surface area contributed by atoms with Crippen molar-refractivity contribution in [2.45, 2.75) is 45.4 Å². The number of nitrogens with one attached hydrogen (secondary N) is 1. The molecule has 0 spiro atoms. The minimum absolute atomic E-state index is 0.186. The number of aromatic nitrogens is 4. The van der Waals surface area contributed by atoms with Gasteiger partial charge >= 0.3 is 0 Å². The molecule has 5 heterocycles. The van der Waals surface area contributed by atoms with Gasteiger partial charge < -0.3 is 10.1 Å². The number of rotatable bonds is 4. The number of ether oxygens (including phenoxy) is 1. The van der Waals surface area contributed by atoms with Crippen LogP contribution in [0.25, 0.3) is 0 Å². The third kappa shape index (κ3) is 2.41. The molecule has 2 aromatic heterocycles. The maximum Gasteiger partial charge on any atom is 0.276 e. The summed E-state index contributed by atoms with van der Waals surface area (Å²) in [6.45, 7) is 4.11. The second-order valence-corrected chi connectivity index (χ2v) is 7.77. The number of aryl methyl sites for hydroxylation is 2. The Morgan fingerprint density at radius 3 is 2.38 bits per heavy atom. The maximum atomic E-state index is 13.1. The van der Waals surface area contributed by atoms with Crippen molar-refractivity contribution in [3.05, 3.63) is 23.8 Å². The van der Waals surface area contributed by atoms with E-state index in [0.29, 0.717) is 12.2 Å². The van der Waals surface area contributed by atoms with E-state index in [0.717, 1.165) is 23.4 Å². The van der Waals surface area contributed by atoms with Gasteiger partial charge in [0.05, 0.1) is 47.8 Å². The second kappa shape index (κ2) is 6.24. The van der Waals surface area contributed by atoms with Gasteiger partial charge in [-0.05, 0) is 26.7 Å². The van der Waals surface area contributed by atoms with E-state index in [1.54, 1.807) is 17.9 Å². The molecule has 3 aliphatic heterocycles. The first-order valence-corrected chi connectivity index (χ1v) is 9.81. The molecule has 0 radical (unpaired) electrons. The molecule has 5 rings (SSSR count). The van der Waals surface area contributed by atoms with E-state index in [4.69, 9.17) is 4.74 Å². The van der Waals surface area contributed by atoms with E-state index in [-0.39, 0.29) is 35.4 Å². The minimum atomic E-state index is -0.456. The standard InChI is InChI=1S/C19H22N6O4/c1-4-24-16(17(26)22-10-7-20-23(3)9(10)2)11(8-21-24)25-18(27)14-12-5-6-13(29-12)15(14)19(25)28/h7-8,12-15H,4-6H2,1-3H3,(H,22,26)/t12-,13-,14-,15+/m0/s1. The minimum Gasteiger partial charge on any atom is -0.373 e. The molecule has 3 amide bonds.